The predicted octanol–water partition coefficient (Wildman–Crippen LogP) is 1.50. The molecule has 0 bridgehead atoms. The van der Waals surface area contributed by atoms with E-state index in [2.05, 4.69) is 18.5 Å². The van der Waals surface area contributed by atoms with E-state index < -0.39 is 0 Å². The highest BCUT2D eigenvalue weighted by Crippen LogP contribution is 1.92. The molecule has 1 amide bonds. The summed E-state index contributed by atoms with van der Waals surface area (Å²) in [6.07, 6.45) is 1.45. The molecule has 0 aromatic rings. The van der Waals surface area contributed by atoms with Gasteiger partial charge in [0.2, 0.25) is 0 Å². The summed E-state index contributed by atoms with van der Waals surface area (Å²) in [5.41, 5.74) is 0.422. The van der Waals surface area contributed by atoms with Crippen LogP contribution >= 0.6 is 0 Å². The summed E-state index contributed by atoms with van der Waals surface area (Å²) in [5.74, 6) is 0.338. The first-order valence-electron chi connectivity index (χ1n) is 3.67. The maximum Gasteiger partial charge on any atom is 0.250 e. The molecule has 0 aliphatic heterocycles. The van der Waals surface area contributed by atoms with Gasteiger partial charge in [0.1, 0.15) is 0 Å². The Labute approximate surface area is 68.0 Å². The van der Waals surface area contributed by atoms with E-state index in [4.69, 9.17) is 0 Å². The molecule has 0 rings (SSSR count). The van der Waals surface area contributed by atoms with Gasteiger partial charge in [-0.25, -0.2) is 0 Å². The van der Waals surface area contributed by atoms with Crippen LogP contribution in [0.15, 0.2) is 24.8 Å². The molecule has 0 atom stereocenters. The van der Waals surface area contributed by atoms with Crippen LogP contribution in [0.2, 0.25) is 0 Å². The van der Waals surface area contributed by atoms with Gasteiger partial charge in [0.05, 0.1) is 0 Å². The van der Waals surface area contributed by atoms with Gasteiger partial charge in [-0.05, 0) is 5.92 Å². The fourth-order valence-electron chi connectivity index (χ4n) is 0.503. The lowest BCUT2D eigenvalue weighted by molar-refractivity contribution is -0.117. The molecule has 0 spiro atoms. The highest BCUT2D eigenvalue weighted by molar-refractivity contribution is 5.95. The fraction of sp³-hybridized carbons (Fsp3) is 0.444. The molecule has 62 valence electrons. The van der Waals surface area contributed by atoms with Crippen LogP contribution in [-0.4, -0.2) is 12.5 Å². The van der Waals surface area contributed by atoms with E-state index in [9.17, 15) is 4.79 Å². The maximum absolute atomic E-state index is 11.0. The molecular weight excluding hydrogens is 138 g/mol. The lowest BCUT2D eigenvalue weighted by Gasteiger charge is -2.06. The van der Waals surface area contributed by atoms with Crippen LogP contribution in [0.4, 0.5) is 0 Å². The van der Waals surface area contributed by atoms with E-state index in [1.54, 1.807) is 0 Å². The van der Waals surface area contributed by atoms with Gasteiger partial charge < -0.3 is 5.32 Å². The minimum Gasteiger partial charge on any atom is -0.352 e. The smallest absolute Gasteiger partial charge is 0.250 e. The van der Waals surface area contributed by atoms with Gasteiger partial charge in [0.25, 0.3) is 5.91 Å². The molecule has 0 heterocycles. The third kappa shape index (κ3) is 4.37. The van der Waals surface area contributed by atoms with Crippen molar-refractivity contribution in [3.05, 3.63) is 24.8 Å². The van der Waals surface area contributed by atoms with E-state index in [1.807, 2.05) is 13.8 Å². The second-order valence-electron chi connectivity index (χ2n) is 2.83. The van der Waals surface area contributed by atoms with Crippen molar-refractivity contribution in [1.82, 2.24) is 5.32 Å². The van der Waals surface area contributed by atoms with E-state index >= 15 is 0 Å². The van der Waals surface area contributed by atoms with E-state index in [0.717, 1.165) is 0 Å². The van der Waals surface area contributed by atoms with Crippen LogP contribution in [0, 0.1) is 5.92 Å². The first kappa shape index (κ1) is 9.95. The monoisotopic (exact) mass is 153 g/mol. The molecule has 1 N–H and O–H groups in total. The molecule has 0 saturated carbocycles. The third-order valence-corrected chi connectivity index (χ3v) is 1.21. The van der Waals surface area contributed by atoms with Crippen molar-refractivity contribution in [2.45, 2.75) is 13.8 Å². The predicted molar refractivity (Wildman–Crippen MR) is 47.2 cm³/mol. The van der Waals surface area contributed by atoms with Gasteiger partial charge in [-0.2, -0.15) is 0 Å². The van der Waals surface area contributed by atoms with Crippen molar-refractivity contribution in [2.24, 2.45) is 5.92 Å². The Kier molecular flexibility index (Phi) is 4.27. The molecule has 0 aliphatic rings. The van der Waals surface area contributed by atoms with Crippen molar-refractivity contribution >= 4 is 5.91 Å². The van der Waals surface area contributed by atoms with Crippen LogP contribution in [0.25, 0.3) is 0 Å². The SMILES string of the molecule is C=CC(=C)C(=O)NCC(C)C. The normalized spacial score (nSPS) is 9.36. The van der Waals surface area contributed by atoms with Crippen LogP contribution in [-0.2, 0) is 4.79 Å². The molecule has 11 heavy (non-hydrogen) atoms. The van der Waals surface area contributed by atoms with Crippen LogP contribution in [0.3, 0.4) is 0 Å². The number of carbonyl (C=O) groups is 1. The van der Waals surface area contributed by atoms with Gasteiger partial charge in [-0.15, -0.1) is 0 Å². The summed E-state index contributed by atoms with van der Waals surface area (Å²) >= 11 is 0. The van der Waals surface area contributed by atoms with E-state index in [-0.39, 0.29) is 5.91 Å². The van der Waals surface area contributed by atoms with Crippen molar-refractivity contribution in [3.8, 4) is 0 Å². The minimum atomic E-state index is -0.131. The second kappa shape index (κ2) is 4.72. The lowest BCUT2D eigenvalue weighted by Crippen LogP contribution is -2.27. The molecule has 2 nitrogen and oxygen atoms in total. The molecule has 0 radical (unpaired) electrons. The molecule has 0 unspecified atom stereocenters. The topological polar surface area (TPSA) is 29.1 Å². The first-order chi connectivity index (χ1) is 5.07. The number of amides is 1. The molecule has 0 aliphatic carbocycles. The Balaban J connectivity index is 3.70. The van der Waals surface area contributed by atoms with Crippen LogP contribution in [0.1, 0.15) is 13.8 Å². The zero-order chi connectivity index (χ0) is 8.85. The Hall–Kier alpha value is -1.05. The van der Waals surface area contributed by atoms with Gasteiger partial charge in [-0.1, -0.05) is 33.1 Å². The maximum atomic E-state index is 11.0. The Morgan fingerprint density at radius 1 is 1.64 bits per heavy atom. The molecule has 0 aromatic carbocycles. The van der Waals surface area contributed by atoms with Crippen LogP contribution < -0.4 is 5.32 Å². The number of hydrogen-bond donors (Lipinski definition) is 1. The Morgan fingerprint density at radius 3 is 2.55 bits per heavy atom. The van der Waals surface area contributed by atoms with Gasteiger partial charge >= 0.3 is 0 Å². The Bertz CT molecular complexity index is 170. The van der Waals surface area contributed by atoms with Gasteiger partial charge in [-0.3, -0.25) is 4.79 Å². The zero-order valence-electron chi connectivity index (χ0n) is 7.18. The van der Waals surface area contributed by atoms with Crippen LogP contribution in [0.5, 0.6) is 0 Å². The molecule has 0 aromatic heterocycles. The summed E-state index contributed by atoms with van der Waals surface area (Å²) in [5, 5.41) is 2.72. The summed E-state index contributed by atoms with van der Waals surface area (Å²) < 4.78 is 0. The fourth-order valence-corrected chi connectivity index (χ4v) is 0.503. The van der Waals surface area contributed by atoms with Crippen molar-refractivity contribution < 1.29 is 4.79 Å². The average Bonchev–Trinajstić information content (AvgIpc) is 1.98. The Morgan fingerprint density at radius 2 is 2.18 bits per heavy atom. The summed E-state index contributed by atoms with van der Waals surface area (Å²) in [4.78, 5) is 11.0. The number of carbonyl (C=O) groups excluding carboxylic acids is 1. The summed E-state index contributed by atoms with van der Waals surface area (Å²) in [6.45, 7) is 11.7. The van der Waals surface area contributed by atoms with Crippen molar-refractivity contribution in [3.63, 3.8) is 0 Å². The highest BCUT2D eigenvalue weighted by atomic mass is 16.1. The molecule has 0 saturated heterocycles. The largest absolute Gasteiger partial charge is 0.352 e. The zero-order valence-corrected chi connectivity index (χ0v) is 7.18. The van der Waals surface area contributed by atoms with E-state index in [0.29, 0.717) is 18.0 Å². The summed E-state index contributed by atoms with van der Waals surface area (Å²) in [7, 11) is 0. The number of nitrogens with one attached hydrogen (secondary N) is 1. The number of hydrogen-bond acceptors (Lipinski definition) is 1. The van der Waals surface area contributed by atoms with Gasteiger partial charge in [0.15, 0.2) is 0 Å². The first-order valence-corrected chi connectivity index (χ1v) is 3.67. The van der Waals surface area contributed by atoms with Crippen molar-refractivity contribution in [2.75, 3.05) is 6.54 Å². The standard InChI is InChI=1S/C9H15NO/c1-5-8(4)9(11)10-6-7(2)3/h5,7H,1,4,6H2,2-3H3,(H,10,11). The molecular formula is C9H15NO. The lowest BCUT2D eigenvalue weighted by atomic mass is 10.2. The quantitative estimate of drug-likeness (QED) is 0.481. The summed E-state index contributed by atoms with van der Waals surface area (Å²) in [6, 6.07) is 0. The van der Waals surface area contributed by atoms with Crippen molar-refractivity contribution in [1.29, 1.82) is 0 Å². The second-order valence-corrected chi connectivity index (χ2v) is 2.83. The molecule has 0 fully saturated rings. The molecule has 2 heteroatoms. The average molecular weight is 153 g/mol. The van der Waals surface area contributed by atoms with E-state index in [1.165, 1.54) is 6.08 Å². The number of rotatable bonds is 4. The minimum absolute atomic E-state index is 0.131. The highest BCUT2D eigenvalue weighted by Gasteiger charge is 2.02. The third-order valence-electron chi connectivity index (χ3n) is 1.21. The van der Waals surface area contributed by atoms with Gasteiger partial charge in [0, 0.05) is 12.1 Å².